The van der Waals surface area contributed by atoms with Gasteiger partial charge in [-0.25, -0.2) is 0 Å². The van der Waals surface area contributed by atoms with E-state index in [9.17, 15) is 4.79 Å². The van der Waals surface area contributed by atoms with Crippen LogP contribution in [-0.4, -0.2) is 25.0 Å². The van der Waals surface area contributed by atoms with Crippen LogP contribution in [0.5, 0.6) is 0 Å². The van der Waals surface area contributed by atoms with Gasteiger partial charge >= 0.3 is 0 Å². The maximum absolute atomic E-state index is 12.7. The zero-order valence-corrected chi connectivity index (χ0v) is 13.3. The molecule has 2 unspecified atom stereocenters. The molecule has 21 heavy (non-hydrogen) atoms. The average molecular weight is 288 g/mol. The molecule has 1 aromatic rings. The number of carbonyl (C=O) groups excluding carboxylic acids is 1. The topological polar surface area (TPSA) is 32.3 Å². The van der Waals surface area contributed by atoms with E-state index >= 15 is 0 Å². The summed E-state index contributed by atoms with van der Waals surface area (Å²) >= 11 is 0. The van der Waals surface area contributed by atoms with E-state index in [0.29, 0.717) is 18.4 Å². The highest BCUT2D eigenvalue weighted by Crippen LogP contribution is 2.21. The molecule has 1 aliphatic heterocycles. The minimum atomic E-state index is 0.251. The third-order valence-corrected chi connectivity index (χ3v) is 4.43. The summed E-state index contributed by atoms with van der Waals surface area (Å²) in [7, 11) is 0. The summed E-state index contributed by atoms with van der Waals surface area (Å²) in [6.45, 7) is 6.28. The molecule has 0 radical (unpaired) electrons. The van der Waals surface area contributed by atoms with Crippen molar-refractivity contribution in [3.05, 3.63) is 30.3 Å². The van der Waals surface area contributed by atoms with Crippen LogP contribution in [0.3, 0.4) is 0 Å². The fraction of sp³-hybridized carbons (Fsp3) is 0.611. The molecule has 0 aliphatic carbocycles. The Hall–Kier alpha value is -1.35. The number of para-hydroxylation sites is 1. The fourth-order valence-corrected chi connectivity index (χ4v) is 3.01. The summed E-state index contributed by atoms with van der Waals surface area (Å²) in [5.74, 6) is 0.840. The molecule has 3 nitrogen and oxygen atoms in total. The second-order valence-corrected chi connectivity index (χ2v) is 6.12. The Morgan fingerprint density at radius 1 is 1.33 bits per heavy atom. The molecule has 2 atom stereocenters. The van der Waals surface area contributed by atoms with Crippen LogP contribution in [0.15, 0.2) is 30.3 Å². The van der Waals surface area contributed by atoms with Crippen molar-refractivity contribution in [3.63, 3.8) is 0 Å². The standard InChI is InChI=1S/C18H28N2O/c1-3-4-13-20(16-10-6-5-7-11-16)18(21)14-17-15(2)9-8-12-19-17/h5-7,10-11,15,17,19H,3-4,8-9,12-14H2,1-2H3. The van der Waals surface area contributed by atoms with Crippen molar-refractivity contribution < 1.29 is 4.79 Å². The monoisotopic (exact) mass is 288 g/mol. The van der Waals surface area contributed by atoms with Gasteiger partial charge in [0.2, 0.25) is 5.91 Å². The lowest BCUT2D eigenvalue weighted by Crippen LogP contribution is -2.44. The molecule has 0 saturated carbocycles. The predicted molar refractivity (Wildman–Crippen MR) is 88.5 cm³/mol. The number of carbonyl (C=O) groups is 1. The average Bonchev–Trinajstić information content (AvgIpc) is 2.51. The van der Waals surface area contributed by atoms with Crippen LogP contribution >= 0.6 is 0 Å². The van der Waals surface area contributed by atoms with Gasteiger partial charge in [0, 0.05) is 24.7 Å². The largest absolute Gasteiger partial charge is 0.313 e. The molecule has 1 amide bonds. The first-order chi connectivity index (χ1) is 10.2. The van der Waals surface area contributed by atoms with Crippen molar-refractivity contribution in [1.82, 2.24) is 5.32 Å². The molecular formula is C18H28N2O. The van der Waals surface area contributed by atoms with Crippen molar-refractivity contribution in [2.45, 2.75) is 52.0 Å². The maximum Gasteiger partial charge on any atom is 0.228 e. The highest BCUT2D eigenvalue weighted by atomic mass is 16.2. The van der Waals surface area contributed by atoms with Gasteiger partial charge in [0.15, 0.2) is 0 Å². The molecule has 0 spiro atoms. The highest BCUT2D eigenvalue weighted by molar-refractivity contribution is 5.93. The van der Waals surface area contributed by atoms with Crippen molar-refractivity contribution in [2.24, 2.45) is 5.92 Å². The van der Waals surface area contributed by atoms with Gasteiger partial charge in [0.1, 0.15) is 0 Å². The molecule has 1 fully saturated rings. The van der Waals surface area contributed by atoms with Gasteiger partial charge in [0.05, 0.1) is 0 Å². The lowest BCUT2D eigenvalue weighted by Gasteiger charge is -2.32. The minimum absolute atomic E-state index is 0.251. The Labute approximate surface area is 128 Å². The molecule has 1 aromatic carbocycles. The number of piperidine rings is 1. The molecule has 1 saturated heterocycles. The number of benzene rings is 1. The zero-order chi connectivity index (χ0) is 15.1. The zero-order valence-electron chi connectivity index (χ0n) is 13.3. The fourth-order valence-electron chi connectivity index (χ4n) is 3.01. The molecule has 1 heterocycles. The lowest BCUT2D eigenvalue weighted by atomic mass is 9.90. The van der Waals surface area contributed by atoms with E-state index in [2.05, 4.69) is 19.2 Å². The molecule has 0 aromatic heterocycles. The van der Waals surface area contributed by atoms with Crippen LogP contribution in [0.4, 0.5) is 5.69 Å². The van der Waals surface area contributed by atoms with Gasteiger partial charge in [-0.05, 0) is 43.9 Å². The van der Waals surface area contributed by atoms with Crippen LogP contribution < -0.4 is 10.2 Å². The van der Waals surface area contributed by atoms with Crippen LogP contribution in [-0.2, 0) is 4.79 Å². The predicted octanol–water partition coefficient (Wildman–Crippen LogP) is 3.60. The van der Waals surface area contributed by atoms with E-state index in [1.807, 2.05) is 35.2 Å². The van der Waals surface area contributed by atoms with Crippen LogP contribution in [0.1, 0.15) is 46.0 Å². The van der Waals surface area contributed by atoms with Crippen molar-refractivity contribution in [2.75, 3.05) is 18.0 Å². The summed E-state index contributed by atoms with van der Waals surface area (Å²) in [6.07, 6.45) is 5.22. The summed E-state index contributed by atoms with van der Waals surface area (Å²) < 4.78 is 0. The number of nitrogens with one attached hydrogen (secondary N) is 1. The number of nitrogens with zero attached hydrogens (tertiary/aromatic N) is 1. The van der Waals surface area contributed by atoms with E-state index in [0.717, 1.165) is 31.6 Å². The summed E-state index contributed by atoms with van der Waals surface area (Å²) in [5.41, 5.74) is 1.03. The van der Waals surface area contributed by atoms with E-state index in [1.165, 1.54) is 12.8 Å². The minimum Gasteiger partial charge on any atom is -0.313 e. The molecule has 3 heteroatoms. The van der Waals surface area contributed by atoms with Crippen molar-refractivity contribution >= 4 is 11.6 Å². The van der Waals surface area contributed by atoms with E-state index in [1.54, 1.807) is 0 Å². The third kappa shape index (κ3) is 4.57. The number of hydrogen-bond acceptors (Lipinski definition) is 2. The van der Waals surface area contributed by atoms with Crippen LogP contribution in [0.25, 0.3) is 0 Å². The molecule has 0 bridgehead atoms. The molecule has 2 rings (SSSR count). The number of unbranched alkanes of at least 4 members (excludes halogenated alkanes) is 1. The number of hydrogen-bond donors (Lipinski definition) is 1. The van der Waals surface area contributed by atoms with Crippen molar-refractivity contribution in [3.8, 4) is 0 Å². The maximum atomic E-state index is 12.7. The Morgan fingerprint density at radius 2 is 2.10 bits per heavy atom. The molecular weight excluding hydrogens is 260 g/mol. The highest BCUT2D eigenvalue weighted by Gasteiger charge is 2.26. The summed E-state index contributed by atoms with van der Waals surface area (Å²) in [4.78, 5) is 14.7. The Kier molecular flexibility index (Phi) is 6.24. The molecule has 116 valence electrons. The Bertz CT molecular complexity index is 432. The summed E-state index contributed by atoms with van der Waals surface area (Å²) in [6, 6.07) is 10.4. The van der Waals surface area contributed by atoms with Gasteiger partial charge in [-0.15, -0.1) is 0 Å². The van der Waals surface area contributed by atoms with Gasteiger partial charge in [-0.3, -0.25) is 4.79 Å². The van der Waals surface area contributed by atoms with E-state index in [4.69, 9.17) is 0 Å². The quantitative estimate of drug-likeness (QED) is 0.867. The van der Waals surface area contributed by atoms with Gasteiger partial charge < -0.3 is 10.2 Å². The van der Waals surface area contributed by atoms with Gasteiger partial charge in [-0.2, -0.15) is 0 Å². The van der Waals surface area contributed by atoms with Crippen molar-refractivity contribution in [1.29, 1.82) is 0 Å². The Morgan fingerprint density at radius 3 is 2.76 bits per heavy atom. The number of anilines is 1. The van der Waals surface area contributed by atoms with Gasteiger partial charge in [-0.1, -0.05) is 38.5 Å². The summed E-state index contributed by atoms with van der Waals surface area (Å²) in [5, 5.41) is 3.51. The number of amides is 1. The molecule has 1 aliphatic rings. The third-order valence-electron chi connectivity index (χ3n) is 4.43. The smallest absolute Gasteiger partial charge is 0.228 e. The first kappa shape index (κ1) is 16.0. The Balaban J connectivity index is 2.03. The normalized spacial score (nSPS) is 22.0. The van der Waals surface area contributed by atoms with Gasteiger partial charge in [0.25, 0.3) is 0 Å². The second kappa shape index (κ2) is 8.18. The SMILES string of the molecule is CCCCN(C(=O)CC1NCCCC1C)c1ccccc1. The van der Waals surface area contributed by atoms with Crippen LogP contribution in [0, 0.1) is 5.92 Å². The van der Waals surface area contributed by atoms with E-state index < -0.39 is 0 Å². The number of rotatable bonds is 6. The van der Waals surface area contributed by atoms with E-state index in [-0.39, 0.29) is 5.91 Å². The van der Waals surface area contributed by atoms with Crippen LogP contribution in [0.2, 0.25) is 0 Å². The molecule has 1 N–H and O–H groups in total. The lowest BCUT2D eigenvalue weighted by molar-refractivity contribution is -0.119. The second-order valence-electron chi connectivity index (χ2n) is 6.12. The first-order valence-corrected chi connectivity index (χ1v) is 8.31. The first-order valence-electron chi connectivity index (χ1n) is 8.31.